The third-order valence-electron chi connectivity index (χ3n) is 5.19. The molecule has 1 N–H and O–H groups in total. The molecular weight excluding hydrogens is 296 g/mol. The van der Waals surface area contributed by atoms with Crippen molar-refractivity contribution in [3.05, 3.63) is 35.4 Å². The van der Waals surface area contributed by atoms with Gasteiger partial charge in [0.2, 0.25) is 11.8 Å². The van der Waals surface area contributed by atoms with Gasteiger partial charge in [-0.05, 0) is 25.3 Å². The number of hydrogen-bond acceptors (Lipinski definition) is 4. The highest BCUT2D eigenvalue weighted by atomic mass is 16.3. The van der Waals surface area contributed by atoms with Crippen LogP contribution in [0, 0.1) is 0 Å². The smallest absolute Gasteiger partial charge is 0.256 e. The number of nitrogens with zero attached hydrogens (tertiary/aromatic N) is 2. The Labute approximate surface area is 133 Å². The maximum Gasteiger partial charge on any atom is 0.256 e. The zero-order valence-corrected chi connectivity index (χ0v) is 12.7. The van der Waals surface area contributed by atoms with Crippen molar-refractivity contribution in [1.29, 1.82) is 0 Å². The SMILES string of the molecule is O=C1CCC(=O)N1C1CCCCN2C(=O)c3ccccc3C12O. The van der Waals surface area contributed by atoms with E-state index in [1.807, 2.05) is 0 Å². The predicted molar refractivity (Wildman–Crippen MR) is 80.1 cm³/mol. The molecule has 0 aliphatic carbocycles. The normalized spacial score (nSPS) is 30.5. The van der Waals surface area contributed by atoms with Gasteiger partial charge in [0, 0.05) is 30.5 Å². The molecule has 3 heterocycles. The van der Waals surface area contributed by atoms with Crippen molar-refractivity contribution in [2.75, 3.05) is 6.54 Å². The van der Waals surface area contributed by atoms with Gasteiger partial charge in [-0.2, -0.15) is 0 Å². The molecule has 4 rings (SSSR count). The van der Waals surface area contributed by atoms with Crippen LogP contribution in [0.25, 0.3) is 0 Å². The molecule has 6 nitrogen and oxygen atoms in total. The molecular formula is C17H18N2O4. The molecule has 23 heavy (non-hydrogen) atoms. The second-order valence-electron chi connectivity index (χ2n) is 6.40. The van der Waals surface area contributed by atoms with Crippen LogP contribution in [0.3, 0.4) is 0 Å². The summed E-state index contributed by atoms with van der Waals surface area (Å²) >= 11 is 0. The largest absolute Gasteiger partial charge is 0.365 e. The number of rotatable bonds is 1. The molecule has 0 radical (unpaired) electrons. The summed E-state index contributed by atoms with van der Waals surface area (Å²) in [5, 5.41) is 11.5. The van der Waals surface area contributed by atoms with Gasteiger partial charge in [0.25, 0.3) is 5.91 Å². The van der Waals surface area contributed by atoms with Crippen LogP contribution in [-0.2, 0) is 15.3 Å². The first-order valence-corrected chi connectivity index (χ1v) is 8.04. The van der Waals surface area contributed by atoms with E-state index in [9.17, 15) is 19.5 Å². The predicted octanol–water partition coefficient (Wildman–Crippen LogP) is 0.989. The number of carbonyl (C=O) groups is 3. The molecule has 2 saturated heterocycles. The molecule has 2 fully saturated rings. The van der Waals surface area contributed by atoms with E-state index in [2.05, 4.69) is 0 Å². The van der Waals surface area contributed by atoms with Crippen LogP contribution in [-0.4, -0.2) is 45.2 Å². The van der Waals surface area contributed by atoms with Crippen LogP contribution in [0.15, 0.2) is 24.3 Å². The van der Waals surface area contributed by atoms with Crippen molar-refractivity contribution >= 4 is 17.7 Å². The number of likely N-dealkylation sites (tertiary alicyclic amines) is 1. The summed E-state index contributed by atoms with van der Waals surface area (Å²) in [6.07, 6.45) is 2.37. The third kappa shape index (κ3) is 1.81. The van der Waals surface area contributed by atoms with Gasteiger partial charge in [-0.15, -0.1) is 0 Å². The lowest BCUT2D eigenvalue weighted by Crippen LogP contribution is -2.58. The van der Waals surface area contributed by atoms with Gasteiger partial charge < -0.3 is 10.0 Å². The standard InChI is InChI=1S/C17H18N2O4/c20-14-8-9-15(21)19(14)13-7-3-4-10-18-16(22)11-5-1-2-6-12(11)17(13,18)23/h1-2,5-6,13,23H,3-4,7-10H2. The van der Waals surface area contributed by atoms with Gasteiger partial charge in [-0.1, -0.05) is 18.2 Å². The first kappa shape index (κ1) is 14.4. The topological polar surface area (TPSA) is 77.9 Å². The molecule has 0 saturated carbocycles. The molecule has 3 aliphatic heterocycles. The summed E-state index contributed by atoms with van der Waals surface area (Å²) in [6, 6.07) is 6.22. The molecule has 2 unspecified atom stereocenters. The number of benzene rings is 1. The number of carbonyl (C=O) groups excluding carboxylic acids is 3. The van der Waals surface area contributed by atoms with Crippen molar-refractivity contribution < 1.29 is 19.5 Å². The maximum atomic E-state index is 12.7. The van der Waals surface area contributed by atoms with Gasteiger partial charge in [0.05, 0.1) is 6.04 Å². The Morgan fingerprint density at radius 1 is 1.04 bits per heavy atom. The lowest BCUT2D eigenvalue weighted by molar-refractivity contribution is -0.164. The Balaban J connectivity index is 1.88. The van der Waals surface area contributed by atoms with E-state index in [4.69, 9.17) is 0 Å². The Bertz CT molecular complexity index is 700. The second-order valence-corrected chi connectivity index (χ2v) is 6.40. The summed E-state index contributed by atoms with van der Waals surface area (Å²) in [5.74, 6) is -0.742. The van der Waals surface area contributed by atoms with E-state index in [-0.39, 0.29) is 30.6 Å². The maximum absolute atomic E-state index is 12.7. The number of hydrogen-bond donors (Lipinski definition) is 1. The molecule has 6 heteroatoms. The monoisotopic (exact) mass is 314 g/mol. The number of aliphatic hydroxyl groups is 1. The molecule has 1 aromatic carbocycles. The van der Waals surface area contributed by atoms with E-state index >= 15 is 0 Å². The van der Waals surface area contributed by atoms with E-state index < -0.39 is 11.8 Å². The number of fused-ring (bicyclic) bond motifs is 3. The highest BCUT2D eigenvalue weighted by Gasteiger charge is 2.57. The van der Waals surface area contributed by atoms with Crippen molar-refractivity contribution in [1.82, 2.24) is 9.80 Å². The highest BCUT2D eigenvalue weighted by molar-refractivity contribution is 6.03. The van der Waals surface area contributed by atoms with Crippen molar-refractivity contribution in [3.8, 4) is 0 Å². The van der Waals surface area contributed by atoms with Crippen molar-refractivity contribution in [3.63, 3.8) is 0 Å². The third-order valence-corrected chi connectivity index (χ3v) is 5.19. The first-order valence-electron chi connectivity index (χ1n) is 8.04. The fourth-order valence-electron chi connectivity index (χ4n) is 4.13. The van der Waals surface area contributed by atoms with Gasteiger partial charge in [-0.3, -0.25) is 19.3 Å². The van der Waals surface area contributed by atoms with E-state index in [0.717, 1.165) is 12.8 Å². The highest BCUT2D eigenvalue weighted by Crippen LogP contribution is 2.45. The molecule has 120 valence electrons. The first-order chi connectivity index (χ1) is 11.0. The van der Waals surface area contributed by atoms with Crippen molar-refractivity contribution in [2.45, 2.75) is 43.9 Å². The molecule has 0 bridgehead atoms. The van der Waals surface area contributed by atoms with Gasteiger partial charge in [-0.25, -0.2) is 0 Å². The Morgan fingerprint density at radius 2 is 1.74 bits per heavy atom. The van der Waals surface area contributed by atoms with Crippen LogP contribution in [0.4, 0.5) is 0 Å². The number of amides is 3. The Kier molecular flexibility index (Phi) is 3.06. The minimum Gasteiger partial charge on any atom is -0.365 e. The second kappa shape index (κ2) is 4.89. The van der Waals surface area contributed by atoms with Crippen LogP contribution >= 0.6 is 0 Å². The van der Waals surface area contributed by atoms with Gasteiger partial charge in [0.1, 0.15) is 0 Å². The molecule has 3 aliphatic rings. The molecule has 3 amide bonds. The molecule has 0 spiro atoms. The lowest BCUT2D eigenvalue weighted by Gasteiger charge is -2.42. The van der Waals surface area contributed by atoms with Gasteiger partial charge in [0.15, 0.2) is 5.72 Å². The van der Waals surface area contributed by atoms with E-state index in [1.54, 1.807) is 24.3 Å². The minimum atomic E-state index is -1.61. The minimum absolute atomic E-state index is 0.182. The molecule has 1 aromatic rings. The summed E-state index contributed by atoms with van der Waals surface area (Å²) in [7, 11) is 0. The average Bonchev–Trinajstić information content (AvgIpc) is 2.90. The summed E-state index contributed by atoms with van der Waals surface area (Å²) in [4.78, 5) is 39.8. The summed E-state index contributed by atoms with van der Waals surface area (Å²) in [5.41, 5.74) is -0.648. The molecule has 0 aromatic heterocycles. The van der Waals surface area contributed by atoms with E-state index in [0.29, 0.717) is 24.1 Å². The fourth-order valence-corrected chi connectivity index (χ4v) is 4.13. The van der Waals surface area contributed by atoms with Gasteiger partial charge >= 0.3 is 0 Å². The van der Waals surface area contributed by atoms with Crippen LogP contribution in [0.2, 0.25) is 0 Å². The quantitative estimate of drug-likeness (QED) is 0.784. The number of imide groups is 1. The van der Waals surface area contributed by atoms with Crippen molar-refractivity contribution in [2.24, 2.45) is 0 Å². The fraction of sp³-hybridized carbons (Fsp3) is 0.471. The molecule has 2 atom stereocenters. The van der Waals surface area contributed by atoms with E-state index in [1.165, 1.54) is 9.80 Å². The summed E-state index contributed by atoms with van der Waals surface area (Å²) in [6.45, 7) is 0.427. The Hall–Kier alpha value is -2.21. The zero-order valence-electron chi connectivity index (χ0n) is 12.7. The lowest BCUT2D eigenvalue weighted by atomic mass is 9.91. The van der Waals surface area contributed by atoms with Crippen LogP contribution in [0.1, 0.15) is 48.0 Å². The Morgan fingerprint density at radius 3 is 2.48 bits per heavy atom. The summed E-state index contributed by atoms with van der Waals surface area (Å²) < 4.78 is 0. The average molecular weight is 314 g/mol. The van der Waals surface area contributed by atoms with Crippen LogP contribution in [0.5, 0.6) is 0 Å². The zero-order chi connectivity index (χ0) is 16.2. The van der Waals surface area contributed by atoms with Crippen LogP contribution < -0.4 is 0 Å².